The number of aryl methyl sites for hydroxylation is 2. The first-order chi connectivity index (χ1) is 14.6. The van der Waals surface area contributed by atoms with E-state index in [0.717, 1.165) is 17.0 Å². The number of aromatic nitrogens is 4. The number of nitrogens with zero attached hydrogens (tertiary/aromatic N) is 4. The van der Waals surface area contributed by atoms with Crippen LogP contribution in [0.4, 0.5) is 0 Å². The molecule has 0 spiro atoms. The maximum atomic E-state index is 5.58. The number of hydrogen-bond donors (Lipinski definition) is 0. The van der Waals surface area contributed by atoms with Crippen LogP contribution in [0.3, 0.4) is 0 Å². The molecule has 0 fully saturated rings. The second-order valence-corrected chi connectivity index (χ2v) is 7.10. The van der Waals surface area contributed by atoms with E-state index in [4.69, 9.17) is 14.0 Å². The van der Waals surface area contributed by atoms with Gasteiger partial charge in [0, 0.05) is 18.4 Å². The van der Waals surface area contributed by atoms with Crippen molar-refractivity contribution in [1.29, 1.82) is 0 Å². The lowest BCUT2D eigenvalue weighted by atomic mass is 10.1. The van der Waals surface area contributed by atoms with E-state index in [0.29, 0.717) is 37.2 Å². The molecule has 0 atom stereocenters. The van der Waals surface area contributed by atoms with E-state index in [9.17, 15) is 0 Å². The van der Waals surface area contributed by atoms with Crippen LogP contribution in [-0.2, 0) is 11.3 Å². The van der Waals surface area contributed by atoms with Crippen molar-refractivity contribution in [2.75, 3.05) is 20.3 Å². The number of methoxy groups -OCH3 is 1. The van der Waals surface area contributed by atoms with Gasteiger partial charge in [-0.3, -0.25) is 4.68 Å². The smallest absolute Gasteiger partial charge is 0.278 e. The number of benzene rings is 2. The fourth-order valence-electron chi connectivity index (χ4n) is 3.03. The molecule has 4 rings (SSSR count). The Bertz CT molecular complexity index is 1100. The first-order valence-corrected chi connectivity index (χ1v) is 9.78. The van der Waals surface area contributed by atoms with Gasteiger partial charge in [0.25, 0.3) is 5.89 Å². The van der Waals surface area contributed by atoms with Gasteiger partial charge in [-0.2, -0.15) is 10.1 Å². The van der Waals surface area contributed by atoms with Crippen LogP contribution in [0, 0.1) is 13.8 Å². The van der Waals surface area contributed by atoms with Crippen LogP contribution in [0.15, 0.2) is 59.1 Å². The van der Waals surface area contributed by atoms with Gasteiger partial charge < -0.3 is 14.0 Å². The molecule has 0 aliphatic carbocycles. The van der Waals surface area contributed by atoms with E-state index in [1.807, 2.05) is 41.9 Å². The molecule has 154 valence electrons. The lowest BCUT2D eigenvalue weighted by Crippen LogP contribution is -2.03. The average Bonchev–Trinajstić information content (AvgIpc) is 3.38. The van der Waals surface area contributed by atoms with E-state index in [1.165, 1.54) is 11.1 Å². The van der Waals surface area contributed by atoms with Gasteiger partial charge in [-0.15, -0.1) is 0 Å². The molecule has 2 heterocycles. The lowest BCUT2D eigenvalue weighted by Gasteiger charge is -2.05. The van der Waals surface area contributed by atoms with Gasteiger partial charge in [-0.25, -0.2) is 0 Å². The fourth-order valence-corrected chi connectivity index (χ4v) is 3.03. The van der Waals surface area contributed by atoms with Crippen molar-refractivity contribution >= 4 is 0 Å². The molecule has 4 aromatic rings. The summed E-state index contributed by atoms with van der Waals surface area (Å²) in [6.07, 6.45) is 0. The van der Waals surface area contributed by atoms with E-state index >= 15 is 0 Å². The summed E-state index contributed by atoms with van der Waals surface area (Å²) in [5.41, 5.74) is 4.97. The van der Waals surface area contributed by atoms with Crippen molar-refractivity contribution in [1.82, 2.24) is 19.9 Å². The third-order valence-corrected chi connectivity index (χ3v) is 4.75. The minimum absolute atomic E-state index is 0.399. The van der Waals surface area contributed by atoms with Crippen LogP contribution in [0.5, 0.6) is 5.75 Å². The third-order valence-electron chi connectivity index (χ3n) is 4.75. The Balaban J connectivity index is 1.48. The van der Waals surface area contributed by atoms with Gasteiger partial charge in [0.1, 0.15) is 12.4 Å². The Kier molecular flexibility index (Phi) is 5.90. The third kappa shape index (κ3) is 4.58. The highest BCUT2D eigenvalue weighted by Gasteiger charge is 2.15. The number of hydrogen-bond acceptors (Lipinski definition) is 6. The highest BCUT2D eigenvalue weighted by molar-refractivity contribution is 5.58. The zero-order valence-corrected chi connectivity index (χ0v) is 17.3. The second-order valence-electron chi connectivity index (χ2n) is 7.10. The number of ether oxygens (including phenoxy) is 2. The summed E-state index contributed by atoms with van der Waals surface area (Å²) in [5.74, 6) is 1.68. The Morgan fingerprint density at radius 2 is 1.73 bits per heavy atom. The maximum absolute atomic E-state index is 5.58. The molecule has 2 aromatic heterocycles. The molecule has 0 saturated heterocycles. The minimum atomic E-state index is 0.399. The minimum Gasteiger partial charge on any atom is -0.491 e. The summed E-state index contributed by atoms with van der Waals surface area (Å²) >= 11 is 0. The van der Waals surface area contributed by atoms with E-state index in [2.05, 4.69) is 46.4 Å². The van der Waals surface area contributed by atoms with Crippen molar-refractivity contribution in [2.24, 2.45) is 0 Å². The first kappa shape index (κ1) is 19.8. The van der Waals surface area contributed by atoms with E-state index in [-0.39, 0.29) is 0 Å². The molecule has 7 nitrogen and oxygen atoms in total. The van der Waals surface area contributed by atoms with Crippen LogP contribution in [0.2, 0.25) is 0 Å². The summed E-state index contributed by atoms with van der Waals surface area (Å²) in [6.45, 7) is 5.84. The molecule has 0 aliphatic rings. The molecule has 0 saturated carbocycles. The molecular weight excluding hydrogens is 380 g/mol. The lowest BCUT2D eigenvalue weighted by molar-refractivity contribution is 0.146. The van der Waals surface area contributed by atoms with Crippen LogP contribution >= 0.6 is 0 Å². The summed E-state index contributed by atoms with van der Waals surface area (Å²) in [5, 5.41) is 8.75. The fraction of sp³-hybridized carbons (Fsp3) is 0.261. The quantitative estimate of drug-likeness (QED) is 0.408. The Labute approximate surface area is 175 Å². The van der Waals surface area contributed by atoms with Gasteiger partial charge in [-0.1, -0.05) is 35.0 Å². The molecule has 2 aromatic carbocycles. The topological polar surface area (TPSA) is 75.2 Å². The van der Waals surface area contributed by atoms with E-state index < -0.39 is 0 Å². The van der Waals surface area contributed by atoms with Gasteiger partial charge in [-0.05, 0) is 49.7 Å². The Morgan fingerprint density at radius 1 is 0.967 bits per heavy atom. The average molecular weight is 404 g/mol. The maximum Gasteiger partial charge on any atom is 0.278 e. The SMILES string of the molecule is COCCOc1ccc(-c2noc(-c3cc(C)n(Cc4ccc(C)cc4)n3)n2)cc1. The molecule has 30 heavy (non-hydrogen) atoms. The first-order valence-electron chi connectivity index (χ1n) is 9.78. The highest BCUT2D eigenvalue weighted by atomic mass is 16.5. The summed E-state index contributed by atoms with van der Waals surface area (Å²) < 4.78 is 18.0. The predicted octanol–water partition coefficient (Wildman–Crippen LogP) is 4.29. The van der Waals surface area contributed by atoms with Crippen molar-refractivity contribution in [2.45, 2.75) is 20.4 Å². The molecular formula is C23H24N4O3. The monoisotopic (exact) mass is 404 g/mol. The molecule has 0 radical (unpaired) electrons. The molecule has 0 unspecified atom stereocenters. The second kappa shape index (κ2) is 8.92. The molecule has 0 N–H and O–H groups in total. The predicted molar refractivity (Wildman–Crippen MR) is 113 cm³/mol. The van der Waals surface area contributed by atoms with Gasteiger partial charge >= 0.3 is 0 Å². The normalized spacial score (nSPS) is 11.0. The van der Waals surface area contributed by atoms with Gasteiger partial charge in [0.15, 0.2) is 5.69 Å². The molecule has 7 heteroatoms. The summed E-state index contributed by atoms with van der Waals surface area (Å²) in [6, 6.07) is 17.9. The number of rotatable bonds is 8. The van der Waals surface area contributed by atoms with Crippen LogP contribution in [0.25, 0.3) is 23.0 Å². The largest absolute Gasteiger partial charge is 0.491 e. The summed E-state index contributed by atoms with van der Waals surface area (Å²) in [7, 11) is 1.65. The zero-order chi connectivity index (χ0) is 20.9. The Hall–Kier alpha value is -3.45. The Morgan fingerprint density at radius 3 is 2.47 bits per heavy atom. The highest BCUT2D eigenvalue weighted by Crippen LogP contribution is 2.24. The molecule has 0 bridgehead atoms. The molecule has 0 amide bonds. The van der Waals surface area contributed by atoms with Gasteiger partial charge in [0.05, 0.1) is 13.2 Å². The van der Waals surface area contributed by atoms with Crippen LogP contribution < -0.4 is 4.74 Å². The standard InChI is InChI=1S/C23H24N4O3/c1-16-4-6-18(7-5-16)15-27-17(2)14-21(25-27)23-24-22(26-30-23)19-8-10-20(11-9-19)29-13-12-28-3/h4-11,14H,12-13,15H2,1-3H3. The van der Waals surface area contributed by atoms with Gasteiger partial charge in [0.2, 0.25) is 5.82 Å². The van der Waals surface area contributed by atoms with Crippen molar-refractivity contribution in [3.8, 4) is 28.7 Å². The van der Waals surface area contributed by atoms with Crippen molar-refractivity contribution in [3.63, 3.8) is 0 Å². The van der Waals surface area contributed by atoms with Crippen LogP contribution in [0.1, 0.15) is 16.8 Å². The molecule has 0 aliphatic heterocycles. The van der Waals surface area contributed by atoms with Crippen LogP contribution in [-0.4, -0.2) is 40.2 Å². The summed E-state index contributed by atoms with van der Waals surface area (Å²) in [4.78, 5) is 4.51. The zero-order valence-electron chi connectivity index (χ0n) is 17.3. The van der Waals surface area contributed by atoms with Crippen molar-refractivity contribution in [3.05, 3.63) is 71.4 Å². The van der Waals surface area contributed by atoms with Crippen molar-refractivity contribution < 1.29 is 14.0 Å². The van der Waals surface area contributed by atoms with E-state index in [1.54, 1.807) is 7.11 Å².